The number of amides is 3. The van der Waals surface area contributed by atoms with Gasteiger partial charge in [-0.05, 0) is 17.7 Å². The number of piperazine rings is 1. The van der Waals surface area contributed by atoms with E-state index in [0.29, 0.717) is 54.6 Å². The van der Waals surface area contributed by atoms with Crippen LogP contribution in [0.25, 0.3) is 0 Å². The Kier molecular flexibility index (Phi) is 6.21. The molecule has 0 spiro atoms. The lowest BCUT2D eigenvalue weighted by Gasteiger charge is -2.36. The van der Waals surface area contributed by atoms with Crippen molar-refractivity contribution in [3.8, 4) is 0 Å². The average Bonchev–Trinajstić information content (AvgIpc) is 2.67. The summed E-state index contributed by atoms with van der Waals surface area (Å²) in [7, 11) is 1.31. The largest absolute Gasteiger partial charge is 0.466 e. The molecule has 0 radical (unpaired) electrons. The third-order valence-corrected chi connectivity index (χ3v) is 5.18. The molecule has 8 nitrogen and oxygen atoms in total. The third-order valence-electron chi connectivity index (χ3n) is 4.94. The highest BCUT2D eigenvalue weighted by atomic mass is 35.5. The topological polar surface area (TPSA) is 91.0 Å². The van der Waals surface area contributed by atoms with E-state index < -0.39 is 18.0 Å². The van der Waals surface area contributed by atoms with E-state index >= 15 is 0 Å². The van der Waals surface area contributed by atoms with Crippen molar-refractivity contribution in [2.75, 3.05) is 39.8 Å². The minimum absolute atomic E-state index is 0.0466. The van der Waals surface area contributed by atoms with Gasteiger partial charge in [-0.15, -0.1) is 0 Å². The van der Waals surface area contributed by atoms with Crippen molar-refractivity contribution >= 4 is 29.5 Å². The van der Waals surface area contributed by atoms with Crippen LogP contribution in [0.2, 0.25) is 5.02 Å². The normalized spacial score (nSPS) is 20.5. The molecular weight excluding hydrogens is 384 g/mol. The summed E-state index contributed by atoms with van der Waals surface area (Å²) in [5.74, 6) is -0.472. The fourth-order valence-electron chi connectivity index (χ4n) is 3.47. The molecule has 28 heavy (non-hydrogen) atoms. The van der Waals surface area contributed by atoms with Crippen molar-refractivity contribution in [2.24, 2.45) is 0 Å². The molecule has 2 aliphatic heterocycles. The summed E-state index contributed by atoms with van der Waals surface area (Å²) in [6, 6.07) is 5.95. The van der Waals surface area contributed by atoms with Crippen LogP contribution in [-0.2, 0) is 14.3 Å². The molecule has 3 amide bonds. The van der Waals surface area contributed by atoms with Gasteiger partial charge in [-0.2, -0.15) is 0 Å². The van der Waals surface area contributed by atoms with Crippen molar-refractivity contribution in [3.05, 3.63) is 46.1 Å². The number of halogens is 1. The number of nitrogens with one attached hydrogen (secondary N) is 2. The Bertz CT molecular complexity index is 818. The summed E-state index contributed by atoms with van der Waals surface area (Å²) >= 11 is 6.09. The van der Waals surface area contributed by atoms with Crippen LogP contribution in [0.5, 0.6) is 0 Å². The molecule has 2 N–H and O–H groups in total. The Morgan fingerprint density at radius 3 is 2.57 bits per heavy atom. The number of benzene rings is 1. The summed E-state index contributed by atoms with van der Waals surface area (Å²) in [5.41, 5.74) is 1.54. The fourth-order valence-corrected chi connectivity index (χ4v) is 3.67. The Balaban J connectivity index is 1.89. The van der Waals surface area contributed by atoms with Gasteiger partial charge in [-0.1, -0.05) is 23.7 Å². The molecule has 2 heterocycles. The van der Waals surface area contributed by atoms with Gasteiger partial charge in [0.2, 0.25) is 5.91 Å². The van der Waals surface area contributed by atoms with Crippen LogP contribution in [-0.4, -0.2) is 67.5 Å². The quantitative estimate of drug-likeness (QED) is 0.735. The van der Waals surface area contributed by atoms with Crippen molar-refractivity contribution in [1.29, 1.82) is 0 Å². The number of urea groups is 1. The Labute approximate surface area is 168 Å². The average molecular weight is 407 g/mol. The second-order valence-electron chi connectivity index (χ2n) is 6.75. The van der Waals surface area contributed by atoms with Gasteiger partial charge in [0, 0.05) is 50.4 Å². The van der Waals surface area contributed by atoms with E-state index in [1.54, 1.807) is 36.1 Å². The zero-order chi connectivity index (χ0) is 20.3. The van der Waals surface area contributed by atoms with Crippen LogP contribution in [0, 0.1) is 0 Å². The molecule has 1 fully saturated rings. The molecule has 0 aromatic heterocycles. The molecule has 1 aromatic rings. The molecule has 150 valence electrons. The first kappa shape index (κ1) is 20.2. The zero-order valence-electron chi connectivity index (χ0n) is 15.8. The van der Waals surface area contributed by atoms with E-state index in [0.717, 1.165) is 0 Å². The van der Waals surface area contributed by atoms with Crippen molar-refractivity contribution in [3.63, 3.8) is 0 Å². The predicted octanol–water partition coefficient (Wildman–Crippen LogP) is 1.29. The number of carbonyl (C=O) groups is 3. The van der Waals surface area contributed by atoms with Crippen LogP contribution in [0.1, 0.15) is 18.5 Å². The number of hydrogen-bond donors (Lipinski definition) is 2. The molecule has 2 aliphatic rings. The Hall–Kier alpha value is -2.58. The number of hydrogen-bond acceptors (Lipinski definition) is 5. The highest BCUT2D eigenvalue weighted by Crippen LogP contribution is 2.29. The molecule has 1 saturated heterocycles. The van der Waals surface area contributed by atoms with E-state index in [1.807, 2.05) is 0 Å². The monoisotopic (exact) mass is 406 g/mol. The lowest BCUT2D eigenvalue weighted by atomic mass is 9.95. The number of rotatable bonds is 4. The maximum atomic E-state index is 12.6. The summed E-state index contributed by atoms with van der Waals surface area (Å²) in [6.45, 7) is 4.46. The first-order chi connectivity index (χ1) is 13.4. The molecule has 0 aliphatic carbocycles. The Morgan fingerprint density at radius 2 is 1.96 bits per heavy atom. The van der Waals surface area contributed by atoms with Crippen molar-refractivity contribution in [2.45, 2.75) is 13.0 Å². The maximum absolute atomic E-state index is 12.6. The first-order valence-electron chi connectivity index (χ1n) is 9.01. The molecule has 1 atom stereocenters. The second-order valence-corrected chi connectivity index (χ2v) is 7.19. The summed E-state index contributed by atoms with van der Waals surface area (Å²) < 4.78 is 4.98. The second kappa shape index (κ2) is 8.62. The molecule has 1 unspecified atom stereocenters. The SMILES string of the molecule is COC(=O)C1=C(CN2CCN(C(C)=O)CC2)NC(=O)NC1c1cccc(Cl)c1. The van der Waals surface area contributed by atoms with Gasteiger partial charge in [0.05, 0.1) is 18.7 Å². The van der Waals surface area contributed by atoms with Gasteiger partial charge in [0.15, 0.2) is 0 Å². The molecule has 9 heteroatoms. The van der Waals surface area contributed by atoms with Crippen LogP contribution in [0.3, 0.4) is 0 Å². The van der Waals surface area contributed by atoms with E-state index in [4.69, 9.17) is 16.3 Å². The van der Waals surface area contributed by atoms with E-state index in [2.05, 4.69) is 15.5 Å². The lowest BCUT2D eigenvalue weighted by Crippen LogP contribution is -2.52. The minimum Gasteiger partial charge on any atom is -0.466 e. The summed E-state index contributed by atoms with van der Waals surface area (Å²) in [5, 5.41) is 6.04. The standard InChI is InChI=1S/C19H23ClN4O4/c1-12(25)24-8-6-23(7-9-24)11-15-16(18(26)28-2)17(22-19(27)21-15)13-4-3-5-14(20)10-13/h3-5,10,17H,6-9,11H2,1-2H3,(H2,21,22,27). The molecule has 0 saturated carbocycles. The molecular formula is C19H23ClN4O4. The third kappa shape index (κ3) is 4.45. The number of nitrogens with zero attached hydrogens (tertiary/aromatic N) is 2. The fraction of sp³-hybridized carbons (Fsp3) is 0.421. The van der Waals surface area contributed by atoms with Crippen molar-refractivity contribution < 1.29 is 19.1 Å². The van der Waals surface area contributed by atoms with Crippen LogP contribution >= 0.6 is 11.6 Å². The highest BCUT2D eigenvalue weighted by Gasteiger charge is 2.34. The van der Waals surface area contributed by atoms with E-state index in [9.17, 15) is 14.4 Å². The molecule has 1 aromatic carbocycles. The van der Waals surface area contributed by atoms with E-state index in [1.165, 1.54) is 7.11 Å². The number of methoxy groups -OCH3 is 1. The number of carbonyl (C=O) groups excluding carboxylic acids is 3. The van der Waals surface area contributed by atoms with Crippen LogP contribution < -0.4 is 10.6 Å². The smallest absolute Gasteiger partial charge is 0.338 e. The number of esters is 1. The van der Waals surface area contributed by atoms with E-state index in [-0.39, 0.29) is 5.91 Å². The van der Waals surface area contributed by atoms with Gasteiger partial charge < -0.3 is 20.3 Å². The predicted molar refractivity (Wildman–Crippen MR) is 104 cm³/mol. The first-order valence-corrected chi connectivity index (χ1v) is 9.39. The molecule has 3 rings (SSSR count). The molecule has 0 bridgehead atoms. The van der Waals surface area contributed by atoms with Gasteiger partial charge in [-0.25, -0.2) is 9.59 Å². The zero-order valence-corrected chi connectivity index (χ0v) is 16.6. The van der Waals surface area contributed by atoms with Gasteiger partial charge >= 0.3 is 12.0 Å². The summed E-state index contributed by atoms with van der Waals surface area (Å²) in [4.78, 5) is 40.2. The highest BCUT2D eigenvalue weighted by molar-refractivity contribution is 6.30. The van der Waals surface area contributed by atoms with Crippen LogP contribution in [0.15, 0.2) is 35.5 Å². The van der Waals surface area contributed by atoms with Gasteiger partial charge in [0.1, 0.15) is 0 Å². The summed E-state index contributed by atoms with van der Waals surface area (Å²) in [6.07, 6.45) is 0. The van der Waals surface area contributed by atoms with Crippen molar-refractivity contribution in [1.82, 2.24) is 20.4 Å². The van der Waals surface area contributed by atoms with Gasteiger partial charge in [0.25, 0.3) is 0 Å². The minimum atomic E-state index is -0.659. The lowest BCUT2D eigenvalue weighted by molar-refractivity contribution is -0.136. The number of ether oxygens (including phenoxy) is 1. The van der Waals surface area contributed by atoms with Gasteiger partial charge in [-0.3, -0.25) is 9.69 Å². The van der Waals surface area contributed by atoms with Crippen LogP contribution in [0.4, 0.5) is 4.79 Å². The maximum Gasteiger partial charge on any atom is 0.338 e. The Morgan fingerprint density at radius 1 is 1.25 bits per heavy atom.